The average Bonchev–Trinajstić information content (AvgIpc) is 2.03. The molecule has 4 nitrogen and oxygen atoms in total. The van der Waals surface area contributed by atoms with E-state index in [0.29, 0.717) is 13.2 Å². The van der Waals surface area contributed by atoms with Gasteiger partial charge in [0.2, 0.25) is 0 Å². The Morgan fingerprint density at radius 3 is 2.14 bits per heavy atom. The Labute approximate surface area is 86.2 Å². The SMILES string of the molecule is CC(C)(C)S(=O)(=O)CN1CCOCC1. The molecule has 1 aliphatic heterocycles. The first kappa shape index (κ1) is 11.9. The van der Waals surface area contributed by atoms with Crippen molar-refractivity contribution in [3.63, 3.8) is 0 Å². The minimum Gasteiger partial charge on any atom is -0.379 e. The van der Waals surface area contributed by atoms with Crippen molar-refractivity contribution in [2.75, 3.05) is 32.2 Å². The topological polar surface area (TPSA) is 46.6 Å². The Hall–Kier alpha value is -0.130. The van der Waals surface area contributed by atoms with E-state index >= 15 is 0 Å². The van der Waals surface area contributed by atoms with Gasteiger partial charge in [-0.05, 0) is 20.8 Å². The third kappa shape index (κ3) is 2.93. The molecule has 0 bridgehead atoms. The molecule has 0 atom stereocenters. The Morgan fingerprint density at radius 1 is 1.21 bits per heavy atom. The number of nitrogens with zero attached hydrogens (tertiary/aromatic N) is 1. The first-order chi connectivity index (χ1) is 6.33. The maximum absolute atomic E-state index is 11.8. The molecule has 0 spiro atoms. The van der Waals surface area contributed by atoms with E-state index in [1.165, 1.54) is 0 Å². The molecule has 0 radical (unpaired) electrons. The number of morpholine rings is 1. The normalized spacial score (nSPS) is 21.1. The van der Waals surface area contributed by atoms with Crippen molar-refractivity contribution < 1.29 is 13.2 Å². The third-order valence-corrected chi connectivity index (χ3v) is 4.96. The molecule has 1 heterocycles. The summed E-state index contributed by atoms with van der Waals surface area (Å²) in [4.78, 5) is 1.93. The van der Waals surface area contributed by atoms with Gasteiger partial charge in [-0.3, -0.25) is 4.90 Å². The van der Waals surface area contributed by atoms with E-state index in [2.05, 4.69) is 0 Å². The van der Waals surface area contributed by atoms with E-state index < -0.39 is 14.6 Å². The van der Waals surface area contributed by atoms with Crippen LogP contribution >= 0.6 is 0 Å². The summed E-state index contributed by atoms with van der Waals surface area (Å²) >= 11 is 0. The maximum atomic E-state index is 11.8. The van der Waals surface area contributed by atoms with Crippen molar-refractivity contribution in [1.82, 2.24) is 4.90 Å². The second-order valence-corrected chi connectivity index (χ2v) is 7.30. The highest BCUT2D eigenvalue weighted by molar-refractivity contribution is 7.92. The van der Waals surface area contributed by atoms with Crippen molar-refractivity contribution in [2.45, 2.75) is 25.5 Å². The molecule has 0 saturated carbocycles. The molecule has 0 aromatic carbocycles. The highest BCUT2D eigenvalue weighted by atomic mass is 32.2. The van der Waals surface area contributed by atoms with Crippen molar-refractivity contribution in [3.8, 4) is 0 Å². The summed E-state index contributed by atoms with van der Waals surface area (Å²) in [7, 11) is -3.03. The molecular formula is C9H19NO3S. The lowest BCUT2D eigenvalue weighted by Crippen LogP contribution is -2.44. The van der Waals surface area contributed by atoms with Crippen LogP contribution in [-0.2, 0) is 14.6 Å². The Bertz CT molecular complexity index is 273. The molecule has 84 valence electrons. The van der Waals surface area contributed by atoms with Crippen molar-refractivity contribution in [1.29, 1.82) is 0 Å². The lowest BCUT2D eigenvalue weighted by molar-refractivity contribution is 0.0463. The maximum Gasteiger partial charge on any atom is 0.168 e. The van der Waals surface area contributed by atoms with Gasteiger partial charge >= 0.3 is 0 Å². The van der Waals surface area contributed by atoms with Crippen LogP contribution in [-0.4, -0.2) is 50.2 Å². The van der Waals surface area contributed by atoms with Gasteiger partial charge in [0.25, 0.3) is 0 Å². The highest BCUT2D eigenvalue weighted by Gasteiger charge is 2.31. The van der Waals surface area contributed by atoms with Crippen molar-refractivity contribution >= 4 is 9.84 Å². The van der Waals surface area contributed by atoms with E-state index in [9.17, 15) is 8.42 Å². The molecule has 5 heteroatoms. The fourth-order valence-corrected chi connectivity index (χ4v) is 2.29. The summed E-state index contributed by atoms with van der Waals surface area (Å²) < 4.78 is 28.2. The molecule has 0 aromatic heterocycles. The van der Waals surface area contributed by atoms with Gasteiger partial charge < -0.3 is 4.74 Å². The fraction of sp³-hybridized carbons (Fsp3) is 1.00. The van der Waals surface area contributed by atoms with Crippen molar-refractivity contribution in [2.24, 2.45) is 0 Å². The van der Waals surface area contributed by atoms with Gasteiger partial charge in [-0.2, -0.15) is 0 Å². The molecule has 0 aromatic rings. The van der Waals surface area contributed by atoms with Gasteiger partial charge in [0.15, 0.2) is 9.84 Å². The Kier molecular flexibility index (Phi) is 3.55. The number of hydrogen-bond acceptors (Lipinski definition) is 4. The summed E-state index contributed by atoms with van der Waals surface area (Å²) in [6.45, 7) is 7.93. The second-order valence-electron chi connectivity index (χ2n) is 4.59. The first-order valence-corrected chi connectivity index (χ1v) is 6.50. The smallest absolute Gasteiger partial charge is 0.168 e. The van der Waals surface area contributed by atoms with Gasteiger partial charge in [-0.25, -0.2) is 8.42 Å². The minimum absolute atomic E-state index is 0.153. The van der Waals surface area contributed by atoms with Crippen LogP contribution in [0, 0.1) is 0 Å². The molecule has 0 amide bonds. The van der Waals surface area contributed by atoms with Crippen LogP contribution in [0.15, 0.2) is 0 Å². The van der Waals surface area contributed by atoms with E-state index in [1.54, 1.807) is 20.8 Å². The molecule has 0 N–H and O–H groups in total. The van der Waals surface area contributed by atoms with E-state index in [-0.39, 0.29) is 5.88 Å². The molecule has 0 unspecified atom stereocenters. The molecule has 14 heavy (non-hydrogen) atoms. The van der Waals surface area contributed by atoms with E-state index in [4.69, 9.17) is 4.74 Å². The lowest BCUT2D eigenvalue weighted by Gasteiger charge is -2.29. The molecule has 1 saturated heterocycles. The zero-order valence-electron chi connectivity index (χ0n) is 9.12. The predicted molar refractivity (Wildman–Crippen MR) is 55.9 cm³/mol. The molecule has 1 aliphatic rings. The van der Waals surface area contributed by atoms with Gasteiger partial charge in [0, 0.05) is 13.1 Å². The van der Waals surface area contributed by atoms with Crippen LogP contribution in [0.25, 0.3) is 0 Å². The van der Waals surface area contributed by atoms with E-state index in [0.717, 1.165) is 13.1 Å². The van der Waals surface area contributed by atoms with E-state index in [1.807, 2.05) is 4.90 Å². The number of sulfone groups is 1. The van der Waals surface area contributed by atoms with Crippen LogP contribution in [0.2, 0.25) is 0 Å². The fourth-order valence-electron chi connectivity index (χ4n) is 1.16. The average molecular weight is 221 g/mol. The summed E-state index contributed by atoms with van der Waals surface area (Å²) in [6.07, 6.45) is 0. The summed E-state index contributed by atoms with van der Waals surface area (Å²) in [5.74, 6) is 0.153. The summed E-state index contributed by atoms with van der Waals surface area (Å²) in [5.41, 5.74) is 0. The summed E-state index contributed by atoms with van der Waals surface area (Å²) in [5, 5.41) is 0. The number of ether oxygens (including phenoxy) is 1. The van der Waals surface area contributed by atoms with Gasteiger partial charge in [0.05, 0.1) is 18.0 Å². The van der Waals surface area contributed by atoms with Gasteiger partial charge in [-0.1, -0.05) is 0 Å². The Morgan fingerprint density at radius 2 is 1.71 bits per heavy atom. The predicted octanol–water partition coefficient (Wildman–Crippen LogP) is 0.489. The zero-order chi connectivity index (χ0) is 10.8. The molecule has 1 fully saturated rings. The largest absolute Gasteiger partial charge is 0.379 e. The Balaban J connectivity index is 2.58. The first-order valence-electron chi connectivity index (χ1n) is 4.85. The molecular weight excluding hydrogens is 202 g/mol. The zero-order valence-corrected chi connectivity index (χ0v) is 9.93. The highest BCUT2D eigenvalue weighted by Crippen LogP contribution is 2.17. The van der Waals surface area contributed by atoms with Crippen LogP contribution in [0.3, 0.4) is 0 Å². The number of rotatable bonds is 2. The van der Waals surface area contributed by atoms with Crippen LogP contribution in [0.1, 0.15) is 20.8 Å². The third-order valence-electron chi connectivity index (χ3n) is 2.39. The standard InChI is InChI=1S/C9H19NO3S/c1-9(2,3)14(11,12)8-10-4-6-13-7-5-10/h4-8H2,1-3H3. The molecule has 0 aliphatic carbocycles. The van der Waals surface area contributed by atoms with Gasteiger partial charge in [0.1, 0.15) is 5.88 Å². The van der Waals surface area contributed by atoms with Crippen LogP contribution in [0.4, 0.5) is 0 Å². The quantitative estimate of drug-likeness (QED) is 0.681. The minimum atomic E-state index is -3.03. The van der Waals surface area contributed by atoms with Crippen molar-refractivity contribution in [3.05, 3.63) is 0 Å². The second kappa shape index (κ2) is 4.16. The lowest BCUT2D eigenvalue weighted by atomic mass is 10.3. The molecule has 1 rings (SSSR count). The van der Waals surface area contributed by atoms with Gasteiger partial charge in [-0.15, -0.1) is 0 Å². The van der Waals surface area contributed by atoms with Crippen LogP contribution in [0.5, 0.6) is 0 Å². The summed E-state index contributed by atoms with van der Waals surface area (Å²) in [6, 6.07) is 0. The van der Waals surface area contributed by atoms with Crippen LogP contribution < -0.4 is 0 Å². The monoisotopic (exact) mass is 221 g/mol. The number of hydrogen-bond donors (Lipinski definition) is 0.